The van der Waals surface area contributed by atoms with Crippen molar-refractivity contribution >= 4 is 0 Å². The molecular weight excluding hydrogens is 222 g/mol. The maximum absolute atomic E-state index is 5.55. The highest BCUT2D eigenvalue weighted by molar-refractivity contribution is 5.14. The Morgan fingerprint density at radius 3 is 2.67 bits per heavy atom. The number of hydrogen-bond donors (Lipinski definition) is 1. The Morgan fingerprint density at radius 1 is 1.17 bits per heavy atom. The summed E-state index contributed by atoms with van der Waals surface area (Å²) in [6.07, 6.45) is 6.67. The smallest absolute Gasteiger partial charge is 0.0604 e. The summed E-state index contributed by atoms with van der Waals surface area (Å²) in [6.45, 7) is 4.08. The Labute approximate surface area is 111 Å². The van der Waals surface area contributed by atoms with Crippen LogP contribution < -0.4 is 5.32 Å². The van der Waals surface area contributed by atoms with Crippen molar-refractivity contribution in [1.29, 1.82) is 0 Å². The topological polar surface area (TPSA) is 21.3 Å². The molecule has 1 aromatic carbocycles. The summed E-state index contributed by atoms with van der Waals surface area (Å²) in [6, 6.07) is 11.5. The Kier molecular flexibility index (Phi) is 5.69. The highest BCUT2D eigenvalue weighted by Crippen LogP contribution is 2.23. The van der Waals surface area contributed by atoms with E-state index in [1.54, 1.807) is 0 Å². The lowest BCUT2D eigenvalue weighted by atomic mass is 9.89. The van der Waals surface area contributed by atoms with Crippen LogP contribution in [0.2, 0.25) is 0 Å². The van der Waals surface area contributed by atoms with Crippen LogP contribution >= 0.6 is 0 Å². The van der Waals surface area contributed by atoms with E-state index in [1.165, 1.54) is 37.7 Å². The van der Waals surface area contributed by atoms with E-state index in [0.29, 0.717) is 12.1 Å². The summed E-state index contributed by atoms with van der Waals surface area (Å²) in [5, 5.41) is 3.61. The molecule has 2 rings (SSSR count). The zero-order valence-electron chi connectivity index (χ0n) is 11.4. The van der Waals surface area contributed by atoms with Gasteiger partial charge in [0.15, 0.2) is 0 Å². The molecule has 1 N–H and O–H groups in total. The minimum Gasteiger partial charge on any atom is -0.378 e. The minimum atomic E-state index is 0.525. The summed E-state index contributed by atoms with van der Waals surface area (Å²) in [4.78, 5) is 0. The number of rotatable bonds is 8. The second-order valence-electron chi connectivity index (χ2n) is 5.14. The lowest BCUT2D eigenvalue weighted by Gasteiger charge is -2.35. The Bertz CT molecular complexity index is 319. The van der Waals surface area contributed by atoms with Gasteiger partial charge in [-0.25, -0.2) is 0 Å². The van der Waals surface area contributed by atoms with E-state index < -0.39 is 0 Å². The first-order valence-corrected chi connectivity index (χ1v) is 7.27. The van der Waals surface area contributed by atoms with Gasteiger partial charge in [0.25, 0.3) is 0 Å². The van der Waals surface area contributed by atoms with Crippen LogP contribution in [-0.4, -0.2) is 25.3 Å². The van der Waals surface area contributed by atoms with Crippen LogP contribution in [0, 0.1) is 0 Å². The summed E-state index contributed by atoms with van der Waals surface area (Å²) in [7, 11) is 0. The van der Waals surface area contributed by atoms with E-state index in [-0.39, 0.29) is 0 Å². The predicted octanol–water partition coefficient (Wildman–Crippen LogP) is 3.17. The summed E-state index contributed by atoms with van der Waals surface area (Å²) in [5.74, 6) is 0. The van der Waals surface area contributed by atoms with Gasteiger partial charge in [-0.05, 0) is 51.1 Å². The van der Waals surface area contributed by atoms with E-state index in [1.807, 2.05) is 0 Å². The van der Waals surface area contributed by atoms with Gasteiger partial charge in [-0.15, -0.1) is 0 Å². The molecule has 1 aromatic rings. The molecule has 0 aromatic heterocycles. The van der Waals surface area contributed by atoms with Crippen LogP contribution in [0.4, 0.5) is 0 Å². The van der Waals surface area contributed by atoms with Crippen LogP contribution in [0.25, 0.3) is 0 Å². The van der Waals surface area contributed by atoms with Gasteiger partial charge in [-0.2, -0.15) is 0 Å². The number of hydrogen-bond acceptors (Lipinski definition) is 2. The van der Waals surface area contributed by atoms with E-state index in [2.05, 4.69) is 42.6 Å². The molecule has 0 spiro atoms. The van der Waals surface area contributed by atoms with Crippen LogP contribution in [0.1, 0.15) is 38.2 Å². The molecule has 100 valence electrons. The first-order chi connectivity index (χ1) is 8.88. The van der Waals surface area contributed by atoms with Gasteiger partial charge in [0.1, 0.15) is 0 Å². The standard InChI is InChI=1S/C16H25NO/c1-2-18-16-12-15(13-16)17-11-7-6-10-14-8-4-3-5-9-14/h3-5,8-9,15-17H,2,6-7,10-13H2,1H3. The molecule has 1 aliphatic carbocycles. The van der Waals surface area contributed by atoms with Crippen molar-refractivity contribution in [1.82, 2.24) is 5.32 Å². The third-order valence-electron chi connectivity index (χ3n) is 3.67. The van der Waals surface area contributed by atoms with Gasteiger partial charge >= 0.3 is 0 Å². The molecular formula is C16H25NO. The molecule has 2 heteroatoms. The third-order valence-corrected chi connectivity index (χ3v) is 3.67. The minimum absolute atomic E-state index is 0.525. The molecule has 0 bridgehead atoms. The fourth-order valence-electron chi connectivity index (χ4n) is 2.51. The number of nitrogens with one attached hydrogen (secondary N) is 1. The Morgan fingerprint density at radius 2 is 1.94 bits per heavy atom. The predicted molar refractivity (Wildman–Crippen MR) is 75.8 cm³/mol. The zero-order chi connectivity index (χ0) is 12.6. The van der Waals surface area contributed by atoms with E-state index in [9.17, 15) is 0 Å². The number of unbranched alkanes of at least 4 members (excludes halogenated alkanes) is 1. The monoisotopic (exact) mass is 247 g/mol. The highest BCUT2D eigenvalue weighted by atomic mass is 16.5. The third kappa shape index (κ3) is 4.43. The van der Waals surface area contributed by atoms with Gasteiger partial charge in [0, 0.05) is 12.6 Å². The molecule has 18 heavy (non-hydrogen) atoms. The van der Waals surface area contributed by atoms with E-state index in [0.717, 1.165) is 13.2 Å². The van der Waals surface area contributed by atoms with Gasteiger partial charge in [0.2, 0.25) is 0 Å². The van der Waals surface area contributed by atoms with Gasteiger partial charge < -0.3 is 10.1 Å². The molecule has 0 unspecified atom stereocenters. The molecule has 0 atom stereocenters. The SMILES string of the molecule is CCOC1CC(NCCCCc2ccccc2)C1. The van der Waals surface area contributed by atoms with Crippen molar-refractivity contribution in [3.8, 4) is 0 Å². The second kappa shape index (κ2) is 7.55. The lowest BCUT2D eigenvalue weighted by Crippen LogP contribution is -2.45. The first-order valence-electron chi connectivity index (χ1n) is 7.27. The summed E-state index contributed by atoms with van der Waals surface area (Å²) < 4.78 is 5.55. The number of ether oxygens (including phenoxy) is 1. The van der Waals surface area contributed by atoms with Crippen molar-refractivity contribution in [2.45, 2.75) is 51.2 Å². The fourth-order valence-corrected chi connectivity index (χ4v) is 2.51. The number of benzene rings is 1. The highest BCUT2D eigenvalue weighted by Gasteiger charge is 2.28. The second-order valence-corrected chi connectivity index (χ2v) is 5.14. The molecule has 0 amide bonds. The summed E-state index contributed by atoms with van der Waals surface area (Å²) >= 11 is 0. The Balaban J connectivity index is 1.45. The zero-order valence-corrected chi connectivity index (χ0v) is 11.4. The molecule has 2 nitrogen and oxygen atoms in total. The van der Waals surface area contributed by atoms with E-state index in [4.69, 9.17) is 4.74 Å². The normalized spacial score (nSPS) is 22.7. The maximum Gasteiger partial charge on any atom is 0.0604 e. The molecule has 0 radical (unpaired) electrons. The van der Waals surface area contributed by atoms with Crippen molar-refractivity contribution in [2.75, 3.05) is 13.2 Å². The van der Waals surface area contributed by atoms with Crippen LogP contribution in [0.3, 0.4) is 0 Å². The fraction of sp³-hybridized carbons (Fsp3) is 0.625. The first kappa shape index (κ1) is 13.6. The van der Waals surface area contributed by atoms with Crippen molar-refractivity contribution < 1.29 is 4.74 Å². The average molecular weight is 247 g/mol. The molecule has 1 fully saturated rings. The average Bonchev–Trinajstić information content (AvgIpc) is 2.36. The molecule has 0 saturated heterocycles. The van der Waals surface area contributed by atoms with Crippen LogP contribution in [0.15, 0.2) is 30.3 Å². The van der Waals surface area contributed by atoms with Gasteiger partial charge in [-0.3, -0.25) is 0 Å². The van der Waals surface area contributed by atoms with Gasteiger partial charge in [-0.1, -0.05) is 30.3 Å². The van der Waals surface area contributed by atoms with Crippen LogP contribution in [0.5, 0.6) is 0 Å². The Hall–Kier alpha value is -0.860. The largest absolute Gasteiger partial charge is 0.378 e. The molecule has 1 aliphatic rings. The van der Waals surface area contributed by atoms with Crippen LogP contribution in [-0.2, 0) is 11.2 Å². The quantitative estimate of drug-likeness (QED) is 0.712. The van der Waals surface area contributed by atoms with Crippen molar-refractivity contribution in [3.63, 3.8) is 0 Å². The molecule has 1 saturated carbocycles. The van der Waals surface area contributed by atoms with Gasteiger partial charge in [0.05, 0.1) is 6.10 Å². The van der Waals surface area contributed by atoms with Crippen molar-refractivity contribution in [3.05, 3.63) is 35.9 Å². The van der Waals surface area contributed by atoms with Crippen molar-refractivity contribution in [2.24, 2.45) is 0 Å². The lowest BCUT2D eigenvalue weighted by molar-refractivity contribution is -0.00974. The molecule has 0 heterocycles. The molecule has 0 aliphatic heterocycles. The summed E-state index contributed by atoms with van der Waals surface area (Å²) in [5.41, 5.74) is 1.46. The number of aryl methyl sites for hydroxylation is 1. The van der Waals surface area contributed by atoms with E-state index >= 15 is 0 Å². The maximum atomic E-state index is 5.55.